The van der Waals surface area contributed by atoms with Crippen LogP contribution in [0.5, 0.6) is 0 Å². The van der Waals surface area contributed by atoms with Crippen LogP contribution in [-0.4, -0.2) is 87.6 Å². The zero-order valence-electron chi connectivity index (χ0n) is 27.2. The van der Waals surface area contributed by atoms with Crippen LogP contribution in [0.4, 0.5) is 10.6 Å². The second-order valence-corrected chi connectivity index (χ2v) is 11.9. The molecule has 2 aromatic rings. The number of rotatable bonds is 4. The zero-order valence-corrected chi connectivity index (χ0v) is 27.2. The van der Waals surface area contributed by atoms with Crippen molar-refractivity contribution in [3.8, 4) is 0 Å². The average molecular weight is 664 g/mol. The molecule has 48 heavy (non-hydrogen) atoms. The van der Waals surface area contributed by atoms with Crippen molar-refractivity contribution >= 4 is 35.5 Å². The van der Waals surface area contributed by atoms with Gasteiger partial charge in [0.15, 0.2) is 5.69 Å². The number of allylic oxidation sites excluding steroid dienone is 2. The molecule has 2 bridgehead atoms. The summed E-state index contributed by atoms with van der Waals surface area (Å²) in [6.45, 7) is 5.61. The number of ketones is 1. The lowest BCUT2D eigenvalue weighted by molar-refractivity contribution is -0.159. The molecule has 4 heterocycles. The summed E-state index contributed by atoms with van der Waals surface area (Å²) in [5.41, 5.74) is 0.628. The van der Waals surface area contributed by atoms with E-state index in [2.05, 4.69) is 20.6 Å². The van der Waals surface area contributed by atoms with Crippen molar-refractivity contribution in [2.24, 2.45) is 11.8 Å². The van der Waals surface area contributed by atoms with E-state index in [0.717, 1.165) is 6.26 Å². The lowest BCUT2D eigenvalue weighted by atomic mass is 9.93. The van der Waals surface area contributed by atoms with Crippen LogP contribution in [0.25, 0.3) is 0 Å². The summed E-state index contributed by atoms with van der Waals surface area (Å²) in [5, 5.41) is 15.6. The summed E-state index contributed by atoms with van der Waals surface area (Å²) >= 11 is 0. The molecular formula is C34H41N5O9. The molecule has 0 aromatic carbocycles. The van der Waals surface area contributed by atoms with E-state index in [1.54, 1.807) is 57.2 Å². The minimum atomic E-state index is -1.05. The molecule has 0 radical (unpaired) electrons. The predicted octanol–water partition coefficient (Wildman–Crippen LogP) is 3.16. The second kappa shape index (κ2) is 17.2. The highest BCUT2D eigenvalue weighted by Gasteiger charge is 2.39. The molecule has 2 aliphatic heterocycles. The summed E-state index contributed by atoms with van der Waals surface area (Å²) in [6.07, 6.45) is 8.38. The van der Waals surface area contributed by atoms with Crippen LogP contribution in [0.2, 0.25) is 0 Å². The summed E-state index contributed by atoms with van der Waals surface area (Å²) < 4.78 is 16.8. The van der Waals surface area contributed by atoms with Crippen molar-refractivity contribution < 1.29 is 43.0 Å². The quantitative estimate of drug-likeness (QED) is 0.408. The zero-order chi connectivity index (χ0) is 34.6. The number of cyclic esters (lactones) is 1. The van der Waals surface area contributed by atoms with Crippen LogP contribution in [0.15, 0.2) is 71.0 Å². The summed E-state index contributed by atoms with van der Waals surface area (Å²) in [4.78, 5) is 74.2. The highest BCUT2D eigenvalue weighted by molar-refractivity contribution is 5.95. The molecule has 0 saturated carbocycles. The van der Waals surface area contributed by atoms with Crippen molar-refractivity contribution in [1.82, 2.24) is 20.2 Å². The third-order valence-electron chi connectivity index (χ3n) is 7.83. The lowest BCUT2D eigenvalue weighted by Gasteiger charge is -2.30. The van der Waals surface area contributed by atoms with Crippen LogP contribution >= 0.6 is 0 Å². The third kappa shape index (κ3) is 10.5. The van der Waals surface area contributed by atoms with Crippen LogP contribution in [0.1, 0.15) is 56.4 Å². The number of nitrogens with zero attached hydrogens (tertiary/aromatic N) is 3. The number of pyridine rings is 1. The van der Waals surface area contributed by atoms with E-state index in [1.807, 2.05) is 0 Å². The van der Waals surface area contributed by atoms with E-state index in [-0.39, 0.29) is 55.8 Å². The van der Waals surface area contributed by atoms with Gasteiger partial charge in [-0.25, -0.2) is 19.6 Å². The molecule has 4 rings (SSSR count). The Morgan fingerprint density at radius 2 is 2.04 bits per heavy atom. The normalized spacial score (nSPS) is 24.5. The van der Waals surface area contributed by atoms with E-state index in [4.69, 9.17) is 13.9 Å². The second-order valence-electron chi connectivity index (χ2n) is 11.9. The van der Waals surface area contributed by atoms with Gasteiger partial charge in [0.25, 0.3) is 5.91 Å². The van der Waals surface area contributed by atoms with Gasteiger partial charge >= 0.3 is 12.1 Å². The molecule has 1 saturated heterocycles. The van der Waals surface area contributed by atoms with Crippen molar-refractivity contribution in [2.45, 2.75) is 64.7 Å². The Morgan fingerprint density at radius 1 is 1.23 bits per heavy atom. The molecular weight excluding hydrogens is 622 g/mol. The number of aliphatic hydroxyl groups is 1. The van der Waals surface area contributed by atoms with Gasteiger partial charge in [0.2, 0.25) is 11.8 Å². The van der Waals surface area contributed by atoms with Crippen LogP contribution < -0.4 is 10.6 Å². The average Bonchev–Trinajstić information content (AvgIpc) is 3.73. The van der Waals surface area contributed by atoms with Crippen molar-refractivity contribution in [2.75, 3.05) is 25.0 Å². The number of aliphatic hydroxyl groups excluding tert-OH is 1. The number of ether oxygens (including phenoxy) is 2. The number of nitrogens with one attached hydrogen (secondary N) is 2. The van der Waals surface area contributed by atoms with E-state index < -0.39 is 48.1 Å². The fraction of sp³-hybridized carbons (Fsp3) is 0.441. The third-order valence-corrected chi connectivity index (χ3v) is 7.83. The first-order chi connectivity index (χ1) is 23.0. The molecule has 2 aliphatic rings. The summed E-state index contributed by atoms with van der Waals surface area (Å²) in [5.74, 6) is -2.63. The Bertz CT molecular complexity index is 1550. The number of aromatic nitrogens is 2. The van der Waals surface area contributed by atoms with Gasteiger partial charge in [-0.05, 0) is 38.0 Å². The lowest BCUT2D eigenvalue weighted by Crippen LogP contribution is -2.44. The highest BCUT2D eigenvalue weighted by atomic mass is 16.6. The van der Waals surface area contributed by atoms with Crippen LogP contribution in [0, 0.1) is 11.8 Å². The Morgan fingerprint density at radius 3 is 2.81 bits per heavy atom. The molecule has 0 spiro atoms. The van der Waals surface area contributed by atoms with E-state index >= 15 is 0 Å². The fourth-order valence-corrected chi connectivity index (χ4v) is 5.43. The van der Waals surface area contributed by atoms with Gasteiger partial charge < -0.3 is 29.2 Å². The maximum atomic E-state index is 13.6. The number of hydrogen-bond donors (Lipinski definition) is 3. The molecule has 0 unspecified atom stereocenters. The number of anilines is 1. The Kier molecular flexibility index (Phi) is 12.8. The van der Waals surface area contributed by atoms with Gasteiger partial charge in [-0.3, -0.25) is 19.7 Å². The Labute approximate surface area is 278 Å². The van der Waals surface area contributed by atoms with Gasteiger partial charge in [-0.1, -0.05) is 49.8 Å². The number of hydrogen-bond acceptors (Lipinski definition) is 11. The van der Waals surface area contributed by atoms with Crippen LogP contribution in [-0.2, 0) is 30.3 Å². The molecule has 256 valence electrons. The standard InChI is InChI=1S/C34H41N5O9/c1-21-8-6-14-36-29(42)12-11-22(2)31(23(3)19-47-34(45)38-28-10-4-5-13-35-28)48-33(44)27-9-7-15-39(27)32(43)26-20-46-30(37-26)18-25(41)17-24(40)16-21/h4-6,8,10-13,16,20,22-24,27,31,40H,7,9,14-15,17-19H2,1-3H3,(H,36,42)(H,35,38,45)/b8-6?,12-11+,21-16?/t22-,23-,24-,27-,31+/m1/s1. The fourth-order valence-electron chi connectivity index (χ4n) is 5.43. The maximum Gasteiger partial charge on any atom is 0.412 e. The van der Waals surface area contributed by atoms with E-state index in [1.165, 1.54) is 23.2 Å². The number of amides is 3. The molecule has 3 N–H and O–H groups in total. The first-order valence-corrected chi connectivity index (χ1v) is 15.8. The largest absolute Gasteiger partial charge is 0.460 e. The maximum absolute atomic E-state index is 13.6. The minimum absolute atomic E-state index is 0.0187. The number of fused-ring (bicyclic) bond motifs is 3. The van der Waals surface area contributed by atoms with Crippen molar-refractivity contribution in [3.63, 3.8) is 0 Å². The van der Waals surface area contributed by atoms with Crippen molar-refractivity contribution in [1.29, 1.82) is 0 Å². The first kappa shape index (κ1) is 35.7. The van der Waals surface area contributed by atoms with Gasteiger partial charge in [-0.2, -0.15) is 0 Å². The smallest absolute Gasteiger partial charge is 0.412 e. The summed E-state index contributed by atoms with van der Waals surface area (Å²) in [7, 11) is 0. The number of Topliss-reactive ketones (excluding diaryl/α,β-unsaturated/α-hetero) is 1. The monoisotopic (exact) mass is 663 g/mol. The van der Waals surface area contributed by atoms with Crippen LogP contribution in [0.3, 0.4) is 0 Å². The predicted molar refractivity (Wildman–Crippen MR) is 172 cm³/mol. The molecule has 3 amide bonds. The van der Waals surface area contributed by atoms with Gasteiger partial charge in [0.05, 0.1) is 19.1 Å². The van der Waals surface area contributed by atoms with Gasteiger partial charge in [-0.15, -0.1) is 0 Å². The number of oxazole rings is 1. The molecule has 14 heteroatoms. The number of carbonyl (C=O) groups excluding carboxylic acids is 5. The SMILES string of the molecule is CC1=C[C@@H](O)CC(=O)Cc2nc(co2)C(=O)N2CCC[C@@H]2C(=O)O[C@H]([C@H](C)COC(=O)Nc2ccccn2)[C@H](C)/C=C/C(=O)NCC=C1. The highest BCUT2D eigenvalue weighted by Crippen LogP contribution is 2.26. The van der Waals surface area contributed by atoms with E-state index in [0.29, 0.717) is 24.2 Å². The summed E-state index contributed by atoms with van der Waals surface area (Å²) in [6, 6.07) is 4.11. The van der Waals surface area contributed by atoms with Gasteiger partial charge in [0.1, 0.15) is 30.0 Å². The van der Waals surface area contributed by atoms with E-state index in [9.17, 15) is 29.1 Å². The van der Waals surface area contributed by atoms with Crippen molar-refractivity contribution in [3.05, 3.63) is 78.2 Å². The topological polar surface area (TPSA) is 190 Å². The molecule has 5 atom stereocenters. The Balaban J connectivity index is 1.54. The molecule has 14 nitrogen and oxygen atoms in total. The van der Waals surface area contributed by atoms with Gasteiger partial charge in [0, 0.05) is 37.5 Å². The molecule has 2 aromatic heterocycles. The Hall–Kier alpha value is -5.11. The first-order valence-electron chi connectivity index (χ1n) is 15.8. The molecule has 1 fully saturated rings. The number of carbonyl (C=O) groups is 5. The molecule has 0 aliphatic carbocycles. The minimum Gasteiger partial charge on any atom is -0.460 e. The number of esters is 1.